The van der Waals surface area contributed by atoms with Gasteiger partial charge in [0.25, 0.3) is 0 Å². The lowest BCUT2D eigenvalue weighted by atomic mass is 10.3. The highest BCUT2D eigenvalue weighted by Crippen LogP contribution is 2.20. The molecule has 3 rings (SSSR count). The van der Waals surface area contributed by atoms with Crippen molar-refractivity contribution in [3.63, 3.8) is 0 Å². The number of amides is 1. The average molecular weight is 422 g/mol. The fourth-order valence-corrected chi connectivity index (χ4v) is 3.64. The van der Waals surface area contributed by atoms with E-state index in [0.717, 1.165) is 10.7 Å². The molecule has 25 heavy (non-hydrogen) atoms. The Morgan fingerprint density at radius 1 is 1.16 bits per heavy atom. The molecule has 0 fully saturated rings. The topological polar surface area (TPSA) is 81.1 Å². The van der Waals surface area contributed by atoms with Gasteiger partial charge in [0.05, 0.1) is 11.0 Å². The number of para-hydroxylation sites is 2. The van der Waals surface area contributed by atoms with Crippen LogP contribution in [0.3, 0.4) is 0 Å². The van der Waals surface area contributed by atoms with E-state index in [4.69, 9.17) is 0 Å². The van der Waals surface area contributed by atoms with Crippen LogP contribution in [-0.4, -0.2) is 30.1 Å². The molecule has 1 aromatic heterocycles. The number of hydrogen-bond acceptors (Lipinski definition) is 4. The van der Waals surface area contributed by atoms with E-state index in [1.54, 1.807) is 34.9 Å². The van der Waals surface area contributed by atoms with Gasteiger partial charge in [-0.05, 0) is 36.4 Å². The maximum atomic E-state index is 12.2. The van der Waals surface area contributed by atoms with E-state index in [-0.39, 0.29) is 24.0 Å². The number of nitrogens with one attached hydrogen (secondary N) is 1. The maximum absolute atomic E-state index is 12.2. The lowest BCUT2D eigenvalue weighted by Gasteiger charge is -2.09. The summed E-state index contributed by atoms with van der Waals surface area (Å²) in [6.45, 7) is 0.227. The molecule has 130 valence electrons. The molecule has 0 spiro atoms. The smallest absolute Gasteiger partial charge is 0.228 e. The van der Waals surface area contributed by atoms with Crippen molar-refractivity contribution in [3.8, 4) is 0 Å². The third-order valence-electron chi connectivity index (χ3n) is 3.64. The summed E-state index contributed by atoms with van der Waals surface area (Å²) < 4.78 is 26.5. The monoisotopic (exact) mass is 421 g/mol. The number of halogens is 1. The average Bonchev–Trinajstić information content (AvgIpc) is 2.94. The second kappa shape index (κ2) is 6.97. The number of anilines is 1. The Hall–Kier alpha value is -2.19. The van der Waals surface area contributed by atoms with Crippen LogP contribution in [0.25, 0.3) is 11.0 Å². The van der Waals surface area contributed by atoms with E-state index in [2.05, 4.69) is 26.2 Å². The predicted octanol–water partition coefficient (Wildman–Crippen LogP) is 3.23. The summed E-state index contributed by atoms with van der Waals surface area (Å²) in [5.41, 5.74) is 1.97. The molecule has 1 amide bonds. The van der Waals surface area contributed by atoms with Crippen LogP contribution < -0.4 is 5.32 Å². The molecule has 0 unspecified atom stereocenters. The highest BCUT2D eigenvalue weighted by atomic mass is 79.9. The van der Waals surface area contributed by atoms with Crippen LogP contribution in [0.1, 0.15) is 6.42 Å². The van der Waals surface area contributed by atoms with Crippen molar-refractivity contribution in [1.29, 1.82) is 0 Å². The molecule has 8 heteroatoms. The number of carbonyl (C=O) groups is 1. The number of aryl methyl sites for hydroxylation is 1. The van der Waals surface area contributed by atoms with Gasteiger partial charge in [-0.3, -0.25) is 4.79 Å². The van der Waals surface area contributed by atoms with Crippen molar-refractivity contribution in [3.05, 3.63) is 53.0 Å². The van der Waals surface area contributed by atoms with Gasteiger partial charge in [0, 0.05) is 29.4 Å². The number of nitrogens with zero attached hydrogens (tertiary/aromatic N) is 2. The normalized spacial score (nSPS) is 11.6. The fourth-order valence-electron chi connectivity index (χ4n) is 2.52. The molecular weight excluding hydrogens is 406 g/mol. The van der Waals surface area contributed by atoms with Crippen LogP contribution >= 0.6 is 15.9 Å². The standard InChI is InChI=1S/C17H16BrN3O3S/c1-25(23,24)17-20-14-4-2-3-5-15(14)21(17)11-10-16(22)19-13-8-6-12(18)7-9-13/h2-9H,10-11H2,1H3,(H,19,22). The van der Waals surface area contributed by atoms with E-state index in [1.165, 1.54) is 0 Å². The van der Waals surface area contributed by atoms with E-state index in [9.17, 15) is 13.2 Å². The molecule has 2 aromatic carbocycles. The quantitative estimate of drug-likeness (QED) is 0.685. The van der Waals surface area contributed by atoms with Crippen molar-refractivity contribution in [2.45, 2.75) is 18.1 Å². The number of carbonyl (C=O) groups excluding carboxylic acids is 1. The van der Waals surface area contributed by atoms with Crippen molar-refractivity contribution in [1.82, 2.24) is 9.55 Å². The summed E-state index contributed by atoms with van der Waals surface area (Å²) >= 11 is 3.34. The van der Waals surface area contributed by atoms with Crippen LogP contribution in [0, 0.1) is 0 Å². The minimum absolute atomic E-state index is 0.0230. The summed E-state index contributed by atoms with van der Waals surface area (Å²) in [5.74, 6) is -0.195. The Bertz CT molecular complexity index is 1030. The highest BCUT2D eigenvalue weighted by Gasteiger charge is 2.19. The lowest BCUT2D eigenvalue weighted by molar-refractivity contribution is -0.116. The number of fused-ring (bicyclic) bond motifs is 1. The number of aromatic nitrogens is 2. The van der Waals surface area contributed by atoms with Gasteiger partial charge in [0.2, 0.25) is 20.9 Å². The summed E-state index contributed by atoms with van der Waals surface area (Å²) in [7, 11) is -3.49. The van der Waals surface area contributed by atoms with Crippen molar-refractivity contribution >= 4 is 48.4 Å². The predicted molar refractivity (Wildman–Crippen MR) is 100 cm³/mol. The lowest BCUT2D eigenvalue weighted by Crippen LogP contribution is -2.16. The van der Waals surface area contributed by atoms with Gasteiger partial charge in [-0.15, -0.1) is 0 Å². The van der Waals surface area contributed by atoms with Crippen LogP contribution in [0.15, 0.2) is 58.2 Å². The Labute approximate surface area is 153 Å². The van der Waals surface area contributed by atoms with E-state index in [0.29, 0.717) is 16.7 Å². The summed E-state index contributed by atoms with van der Waals surface area (Å²) in [5, 5.41) is 2.77. The fraction of sp³-hybridized carbons (Fsp3) is 0.176. The number of sulfone groups is 1. The maximum Gasteiger partial charge on any atom is 0.228 e. The largest absolute Gasteiger partial charge is 0.326 e. The molecule has 0 aliphatic heterocycles. The summed E-state index contributed by atoms with van der Waals surface area (Å²) in [6, 6.07) is 14.4. The van der Waals surface area contributed by atoms with Crippen LogP contribution in [0.2, 0.25) is 0 Å². The minimum atomic E-state index is -3.49. The van der Waals surface area contributed by atoms with Gasteiger partial charge >= 0.3 is 0 Å². The third kappa shape index (κ3) is 4.08. The van der Waals surface area contributed by atoms with Gasteiger partial charge < -0.3 is 9.88 Å². The molecule has 0 aliphatic rings. The molecule has 1 N–H and O–H groups in total. The van der Waals surface area contributed by atoms with Crippen LogP contribution in [0.5, 0.6) is 0 Å². The van der Waals surface area contributed by atoms with Gasteiger partial charge in [0.1, 0.15) is 0 Å². The molecule has 0 aliphatic carbocycles. The van der Waals surface area contributed by atoms with Gasteiger partial charge in [0.15, 0.2) is 0 Å². The number of hydrogen-bond donors (Lipinski definition) is 1. The summed E-state index contributed by atoms with van der Waals surface area (Å²) in [6.07, 6.45) is 1.26. The van der Waals surface area contributed by atoms with Gasteiger partial charge in [-0.1, -0.05) is 28.1 Å². The van der Waals surface area contributed by atoms with Crippen LogP contribution in [-0.2, 0) is 21.2 Å². The zero-order valence-corrected chi connectivity index (χ0v) is 15.8. The number of rotatable bonds is 5. The molecule has 0 radical (unpaired) electrons. The van der Waals surface area contributed by atoms with Crippen LogP contribution in [0.4, 0.5) is 5.69 Å². The summed E-state index contributed by atoms with van der Waals surface area (Å²) in [4.78, 5) is 16.4. The van der Waals surface area contributed by atoms with Crippen molar-refractivity contribution in [2.75, 3.05) is 11.6 Å². The van der Waals surface area contributed by atoms with Crippen molar-refractivity contribution < 1.29 is 13.2 Å². The Morgan fingerprint density at radius 3 is 2.52 bits per heavy atom. The number of imidazole rings is 1. The Kier molecular flexibility index (Phi) is 4.91. The molecule has 3 aromatic rings. The second-order valence-electron chi connectivity index (χ2n) is 5.61. The van der Waals surface area contributed by atoms with Gasteiger partial charge in [-0.2, -0.15) is 0 Å². The zero-order chi connectivity index (χ0) is 18.0. The first-order valence-electron chi connectivity index (χ1n) is 7.55. The first-order chi connectivity index (χ1) is 11.8. The molecule has 1 heterocycles. The zero-order valence-electron chi connectivity index (χ0n) is 13.4. The Balaban J connectivity index is 1.80. The van der Waals surface area contributed by atoms with Crippen molar-refractivity contribution in [2.24, 2.45) is 0 Å². The first kappa shape index (κ1) is 17.6. The third-order valence-corrected chi connectivity index (χ3v) is 5.15. The molecule has 0 bridgehead atoms. The van der Waals surface area contributed by atoms with E-state index in [1.807, 2.05) is 18.2 Å². The number of benzene rings is 2. The minimum Gasteiger partial charge on any atom is -0.326 e. The first-order valence-corrected chi connectivity index (χ1v) is 10.2. The van der Waals surface area contributed by atoms with E-state index >= 15 is 0 Å². The second-order valence-corrected chi connectivity index (χ2v) is 8.44. The molecular formula is C17H16BrN3O3S. The highest BCUT2D eigenvalue weighted by molar-refractivity contribution is 9.10. The SMILES string of the molecule is CS(=O)(=O)c1nc2ccccc2n1CCC(=O)Nc1ccc(Br)cc1. The molecule has 0 saturated heterocycles. The Morgan fingerprint density at radius 2 is 1.84 bits per heavy atom. The molecule has 0 atom stereocenters. The molecule has 6 nitrogen and oxygen atoms in total. The van der Waals surface area contributed by atoms with Gasteiger partial charge in [-0.25, -0.2) is 13.4 Å². The van der Waals surface area contributed by atoms with E-state index < -0.39 is 9.84 Å². The molecule has 0 saturated carbocycles.